The zero-order valence-electron chi connectivity index (χ0n) is 11.5. The standard InChI is InChI=1S/C13H20BrN5O/c14-11-8-10(19-12(11)13(15)16-9-17-19)2-1-3-18-4-6-20-7-5-18/h9-10H,1-8H2,(H2,15,16,17). The van der Waals surface area contributed by atoms with Crippen LogP contribution in [0, 0.1) is 0 Å². The fourth-order valence-corrected chi connectivity index (χ4v) is 3.67. The van der Waals surface area contributed by atoms with Crippen molar-refractivity contribution in [1.82, 2.24) is 9.91 Å². The van der Waals surface area contributed by atoms with E-state index in [2.05, 4.69) is 30.9 Å². The summed E-state index contributed by atoms with van der Waals surface area (Å²) in [6.45, 7) is 4.97. The average molecular weight is 342 g/mol. The maximum atomic E-state index is 5.93. The van der Waals surface area contributed by atoms with Crippen LogP contribution >= 0.6 is 15.9 Å². The molecule has 110 valence electrons. The van der Waals surface area contributed by atoms with Crippen molar-refractivity contribution in [3.05, 3.63) is 10.2 Å². The van der Waals surface area contributed by atoms with Crippen molar-refractivity contribution >= 4 is 28.1 Å². The van der Waals surface area contributed by atoms with Gasteiger partial charge in [0.2, 0.25) is 0 Å². The zero-order chi connectivity index (χ0) is 13.9. The van der Waals surface area contributed by atoms with Crippen molar-refractivity contribution in [2.45, 2.75) is 25.3 Å². The van der Waals surface area contributed by atoms with Crippen LogP contribution in [-0.2, 0) is 4.74 Å². The number of rotatable bonds is 4. The van der Waals surface area contributed by atoms with Crippen LogP contribution in [0.1, 0.15) is 19.3 Å². The number of ether oxygens (including phenoxy) is 1. The first-order valence-corrected chi connectivity index (χ1v) is 7.89. The van der Waals surface area contributed by atoms with Crippen LogP contribution in [-0.4, -0.2) is 61.0 Å². The van der Waals surface area contributed by atoms with Gasteiger partial charge in [-0.15, -0.1) is 0 Å². The molecule has 3 rings (SSSR count). The molecule has 1 unspecified atom stereocenters. The summed E-state index contributed by atoms with van der Waals surface area (Å²) in [6, 6.07) is 0.394. The molecular weight excluding hydrogens is 322 g/mol. The monoisotopic (exact) mass is 341 g/mol. The second-order valence-corrected chi connectivity index (χ2v) is 6.25. The number of amidine groups is 1. The fraction of sp³-hybridized carbons (Fsp3) is 0.692. The Kier molecular flexibility index (Phi) is 4.38. The second kappa shape index (κ2) is 6.24. The van der Waals surface area contributed by atoms with Crippen LogP contribution in [0.5, 0.6) is 0 Å². The van der Waals surface area contributed by atoms with E-state index in [0.717, 1.165) is 55.9 Å². The number of halogens is 1. The minimum absolute atomic E-state index is 0.394. The van der Waals surface area contributed by atoms with Crippen LogP contribution in [0.4, 0.5) is 0 Å². The smallest absolute Gasteiger partial charge is 0.151 e. The molecule has 1 atom stereocenters. The van der Waals surface area contributed by atoms with Gasteiger partial charge in [0, 0.05) is 24.0 Å². The number of fused-ring (bicyclic) bond motifs is 1. The van der Waals surface area contributed by atoms with Gasteiger partial charge in [-0.25, -0.2) is 4.99 Å². The Morgan fingerprint density at radius 3 is 3.00 bits per heavy atom. The summed E-state index contributed by atoms with van der Waals surface area (Å²) in [4.78, 5) is 6.53. The highest BCUT2D eigenvalue weighted by Gasteiger charge is 2.33. The Morgan fingerprint density at radius 2 is 2.20 bits per heavy atom. The Labute approximate surface area is 127 Å². The van der Waals surface area contributed by atoms with Gasteiger partial charge in [-0.2, -0.15) is 5.10 Å². The molecule has 20 heavy (non-hydrogen) atoms. The second-order valence-electron chi connectivity index (χ2n) is 5.30. The van der Waals surface area contributed by atoms with E-state index in [-0.39, 0.29) is 0 Å². The third kappa shape index (κ3) is 2.89. The number of nitrogens with zero attached hydrogens (tertiary/aromatic N) is 4. The van der Waals surface area contributed by atoms with E-state index >= 15 is 0 Å². The predicted molar refractivity (Wildman–Crippen MR) is 82.8 cm³/mol. The highest BCUT2D eigenvalue weighted by atomic mass is 79.9. The van der Waals surface area contributed by atoms with Crippen LogP contribution in [0.2, 0.25) is 0 Å². The number of nitrogens with two attached hydrogens (primary N) is 1. The number of morpholine rings is 1. The normalized spacial score (nSPS) is 26.9. The maximum Gasteiger partial charge on any atom is 0.151 e. The molecule has 1 fully saturated rings. The van der Waals surface area contributed by atoms with Crippen molar-refractivity contribution in [3.8, 4) is 0 Å². The summed E-state index contributed by atoms with van der Waals surface area (Å²) in [7, 11) is 0. The molecule has 0 aliphatic carbocycles. The lowest BCUT2D eigenvalue weighted by Crippen LogP contribution is -2.38. The Hall–Kier alpha value is -0.920. The first-order chi connectivity index (χ1) is 9.75. The van der Waals surface area contributed by atoms with Gasteiger partial charge in [0.05, 0.1) is 19.3 Å². The van der Waals surface area contributed by atoms with Crippen molar-refractivity contribution in [3.63, 3.8) is 0 Å². The molecular formula is C13H20BrN5O. The molecule has 7 heteroatoms. The van der Waals surface area contributed by atoms with E-state index in [9.17, 15) is 0 Å². The molecule has 0 radical (unpaired) electrons. The van der Waals surface area contributed by atoms with Crippen molar-refractivity contribution < 1.29 is 4.74 Å². The van der Waals surface area contributed by atoms with Gasteiger partial charge in [0.1, 0.15) is 12.0 Å². The van der Waals surface area contributed by atoms with Crippen LogP contribution in [0.15, 0.2) is 20.3 Å². The summed E-state index contributed by atoms with van der Waals surface area (Å²) < 4.78 is 6.48. The Balaban J connectivity index is 1.50. The van der Waals surface area contributed by atoms with E-state index in [1.165, 1.54) is 6.42 Å². The highest BCUT2D eigenvalue weighted by molar-refractivity contribution is 9.11. The third-order valence-electron chi connectivity index (χ3n) is 3.98. The lowest BCUT2D eigenvalue weighted by atomic mass is 10.1. The molecule has 0 spiro atoms. The van der Waals surface area contributed by atoms with Gasteiger partial charge in [-0.05, 0) is 19.4 Å². The molecule has 0 aromatic carbocycles. The number of hydrogen-bond acceptors (Lipinski definition) is 6. The predicted octanol–water partition coefficient (Wildman–Crippen LogP) is 1.09. The lowest BCUT2D eigenvalue weighted by molar-refractivity contribution is 0.0364. The number of hydrazone groups is 1. The van der Waals surface area contributed by atoms with Gasteiger partial charge in [-0.1, -0.05) is 15.9 Å². The van der Waals surface area contributed by atoms with Crippen molar-refractivity contribution in [1.29, 1.82) is 0 Å². The topological polar surface area (TPSA) is 66.5 Å². The van der Waals surface area contributed by atoms with Crippen LogP contribution in [0.25, 0.3) is 0 Å². The van der Waals surface area contributed by atoms with Gasteiger partial charge in [0.15, 0.2) is 5.84 Å². The number of hydrogen-bond donors (Lipinski definition) is 1. The third-order valence-corrected chi connectivity index (χ3v) is 4.68. The quantitative estimate of drug-likeness (QED) is 0.831. The minimum Gasteiger partial charge on any atom is -0.382 e. The number of aliphatic imine (C=N–C) groups is 1. The van der Waals surface area contributed by atoms with Crippen molar-refractivity contribution in [2.75, 3.05) is 32.8 Å². The highest BCUT2D eigenvalue weighted by Crippen LogP contribution is 2.35. The van der Waals surface area contributed by atoms with Crippen molar-refractivity contribution in [2.24, 2.45) is 15.8 Å². The molecule has 0 saturated carbocycles. The molecule has 0 bridgehead atoms. The summed E-state index contributed by atoms with van der Waals surface area (Å²) in [5, 5.41) is 6.38. The van der Waals surface area contributed by atoms with E-state index in [4.69, 9.17) is 10.5 Å². The lowest BCUT2D eigenvalue weighted by Gasteiger charge is -2.29. The summed E-state index contributed by atoms with van der Waals surface area (Å²) in [6.07, 6.45) is 4.79. The largest absolute Gasteiger partial charge is 0.382 e. The summed E-state index contributed by atoms with van der Waals surface area (Å²) in [5.41, 5.74) is 6.87. The van der Waals surface area contributed by atoms with Gasteiger partial charge in [0.25, 0.3) is 0 Å². The molecule has 0 aromatic rings. The molecule has 3 aliphatic rings. The summed E-state index contributed by atoms with van der Waals surface area (Å²) in [5.74, 6) is 0.558. The van der Waals surface area contributed by atoms with Gasteiger partial charge in [-0.3, -0.25) is 9.91 Å². The molecule has 3 heterocycles. The van der Waals surface area contributed by atoms with E-state index in [1.807, 2.05) is 5.01 Å². The fourth-order valence-electron chi connectivity index (χ4n) is 2.91. The van der Waals surface area contributed by atoms with E-state index < -0.39 is 0 Å². The average Bonchev–Trinajstić information content (AvgIpc) is 2.78. The molecule has 2 N–H and O–H groups in total. The van der Waals surface area contributed by atoms with E-state index in [1.54, 1.807) is 6.34 Å². The summed E-state index contributed by atoms with van der Waals surface area (Å²) >= 11 is 3.61. The molecule has 3 aliphatic heterocycles. The minimum atomic E-state index is 0.394. The van der Waals surface area contributed by atoms with Crippen LogP contribution in [0.3, 0.4) is 0 Å². The first kappa shape index (κ1) is 14.0. The molecule has 1 saturated heterocycles. The first-order valence-electron chi connectivity index (χ1n) is 7.10. The molecule has 6 nitrogen and oxygen atoms in total. The van der Waals surface area contributed by atoms with Crippen LogP contribution < -0.4 is 5.73 Å². The zero-order valence-corrected chi connectivity index (χ0v) is 13.0. The maximum absolute atomic E-state index is 5.93. The van der Waals surface area contributed by atoms with E-state index in [0.29, 0.717) is 11.9 Å². The van der Waals surface area contributed by atoms with Gasteiger partial charge >= 0.3 is 0 Å². The molecule has 0 amide bonds. The molecule has 0 aromatic heterocycles. The SMILES string of the molecule is NC1=NC=NN2C1=C(Br)CC2CCCN1CCOCC1. The van der Waals surface area contributed by atoms with Gasteiger partial charge < -0.3 is 10.5 Å². The Morgan fingerprint density at radius 1 is 1.40 bits per heavy atom. The Bertz CT molecular complexity index is 456.